The average Bonchev–Trinajstić information content (AvgIpc) is 2.84. The number of rotatable bonds is 3. The minimum absolute atomic E-state index is 0.165. The number of imidazole rings is 1. The molecule has 1 heterocycles. The zero-order valence-electron chi connectivity index (χ0n) is 10.7. The van der Waals surface area contributed by atoms with Gasteiger partial charge in [0.15, 0.2) is 16.7 Å². The molecule has 0 fully saturated rings. The first kappa shape index (κ1) is 12.8. The fraction of sp³-hybridized carbons (Fsp3) is 0.0714. The molecule has 6 heteroatoms. The van der Waals surface area contributed by atoms with Gasteiger partial charge in [-0.2, -0.15) is 0 Å². The van der Waals surface area contributed by atoms with Crippen molar-refractivity contribution in [3.05, 3.63) is 42.2 Å². The SMILES string of the molecule is COc1cc(Sc2nc3ccccc3[nH]2)c(N)cc1F. The Kier molecular flexibility index (Phi) is 3.23. The lowest BCUT2D eigenvalue weighted by molar-refractivity contribution is 0.385. The number of fused-ring (bicyclic) bond motifs is 1. The van der Waals surface area contributed by atoms with Crippen LogP contribution in [0.2, 0.25) is 0 Å². The van der Waals surface area contributed by atoms with E-state index in [1.807, 2.05) is 24.3 Å². The van der Waals surface area contributed by atoms with E-state index in [2.05, 4.69) is 9.97 Å². The molecule has 0 bridgehead atoms. The van der Waals surface area contributed by atoms with E-state index in [9.17, 15) is 4.39 Å². The van der Waals surface area contributed by atoms with Crippen LogP contribution in [0.4, 0.5) is 10.1 Å². The monoisotopic (exact) mass is 289 g/mol. The van der Waals surface area contributed by atoms with E-state index in [0.29, 0.717) is 15.7 Å². The summed E-state index contributed by atoms with van der Waals surface area (Å²) in [6, 6.07) is 10.6. The first-order chi connectivity index (χ1) is 9.67. The van der Waals surface area contributed by atoms with Gasteiger partial charge in [0.05, 0.1) is 18.1 Å². The summed E-state index contributed by atoms with van der Waals surface area (Å²) in [7, 11) is 1.42. The second-order valence-corrected chi connectivity index (χ2v) is 5.22. The number of nitrogens with zero attached hydrogens (tertiary/aromatic N) is 1. The van der Waals surface area contributed by atoms with E-state index >= 15 is 0 Å². The van der Waals surface area contributed by atoms with Gasteiger partial charge in [-0.25, -0.2) is 9.37 Å². The fourth-order valence-electron chi connectivity index (χ4n) is 1.88. The number of nitrogens with two attached hydrogens (primary N) is 1. The molecule has 0 aliphatic carbocycles. The van der Waals surface area contributed by atoms with Gasteiger partial charge in [0, 0.05) is 16.6 Å². The zero-order valence-corrected chi connectivity index (χ0v) is 11.5. The molecule has 0 saturated heterocycles. The summed E-state index contributed by atoms with van der Waals surface area (Å²) >= 11 is 1.34. The van der Waals surface area contributed by atoms with Crippen LogP contribution in [-0.2, 0) is 0 Å². The molecule has 102 valence electrons. The Morgan fingerprint density at radius 3 is 2.85 bits per heavy atom. The van der Waals surface area contributed by atoms with E-state index in [1.165, 1.54) is 24.9 Å². The smallest absolute Gasteiger partial charge is 0.171 e. The maximum Gasteiger partial charge on any atom is 0.171 e. The van der Waals surface area contributed by atoms with Crippen molar-refractivity contribution in [2.45, 2.75) is 10.1 Å². The van der Waals surface area contributed by atoms with Gasteiger partial charge in [-0.15, -0.1) is 0 Å². The van der Waals surface area contributed by atoms with Gasteiger partial charge < -0.3 is 15.5 Å². The van der Waals surface area contributed by atoms with Gasteiger partial charge in [0.2, 0.25) is 0 Å². The van der Waals surface area contributed by atoms with E-state index in [0.717, 1.165) is 11.0 Å². The third-order valence-corrected chi connectivity index (χ3v) is 3.82. The van der Waals surface area contributed by atoms with Crippen molar-refractivity contribution >= 4 is 28.5 Å². The maximum atomic E-state index is 13.5. The Balaban J connectivity index is 1.98. The number of benzene rings is 2. The highest BCUT2D eigenvalue weighted by atomic mass is 32.2. The number of hydrogen-bond acceptors (Lipinski definition) is 4. The number of nitrogen functional groups attached to an aromatic ring is 1. The lowest BCUT2D eigenvalue weighted by Gasteiger charge is -2.07. The van der Waals surface area contributed by atoms with Crippen molar-refractivity contribution in [1.82, 2.24) is 9.97 Å². The number of nitrogens with one attached hydrogen (secondary N) is 1. The average molecular weight is 289 g/mol. The highest BCUT2D eigenvalue weighted by molar-refractivity contribution is 7.99. The Hall–Kier alpha value is -2.21. The van der Waals surface area contributed by atoms with Crippen LogP contribution in [0, 0.1) is 5.82 Å². The molecule has 0 saturated carbocycles. The molecular weight excluding hydrogens is 277 g/mol. The number of methoxy groups -OCH3 is 1. The van der Waals surface area contributed by atoms with Crippen LogP contribution in [-0.4, -0.2) is 17.1 Å². The zero-order chi connectivity index (χ0) is 14.1. The molecule has 4 nitrogen and oxygen atoms in total. The van der Waals surface area contributed by atoms with Gasteiger partial charge in [0.1, 0.15) is 0 Å². The van der Waals surface area contributed by atoms with Crippen molar-refractivity contribution < 1.29 is 9.13 Å². The van der Waals surface area contributed by atoms with E-state index < -0.39 is 5.82 Å². The number of anilines is 1. The van der Waals surface area contributed by atoms with Crippen molar-refractivity contribution in [2.24, 2.45) is 0 Å². The Morgan fingerprint density at radius 2 is 2.10 bits per heavy atom. The van der Waals surface area contributed by atoms with E-state index in [1.54, 1.807) is 6.07 Å². The molecule has 1 aromatic heterocycles. The minimum Gasteiger partial charge on any atom is -0.494 e. The summed E-state index contributed by atoms with van der Waals surface area (Å²) < 4.78 is 18.5. The highest BCUT2D eigenvalue weighted by Gasteiger charge is 2.11. The normalized spacial score (nSPS) is 10.9. The predicted octanol–water partition coefficient (Wildman–Crippen LogP) is 3.44. The van der Waals surface area contributed by atoms with Crippen molar-refractivity contribution in [3.63, 3.8) is 0 Å². The largest absolute Gasteiger partial charge is 0.494 e. The summed E-state index contributed by atoms with van der Waals surface area (Å²) in [5, 5.41) is 0.701. The fourth-order valence-corrected chi connectivity index (χ4v) is 2.73. The first-order valence-electron chi connectivity index (χ1n) is 5.93. The molecule has 20 heavy (non-hydrogen) atoms. The molecule has 0 radical (unpaired) electrons. The molecule has 0 spiro atoms. The maximum absolute atomic E-state index is 13.5. The standard InChI is InChI=1S/C14H12FN3OS/c1-19-12-7-13(9(16)6-8(12)15)20-14-17-10-4-2-3-5-11(10)18-14/h2-7H,16H2,1H3,(H,17,18). The molecule has 3 N–H and O–H groups in total. The Labute approximate surface area is 119 Å². The van der Waals surface area contributed by atoms with Gasteiger partial charge in [-0.3, -0.25) is 0 Å². The first-order valence-corrected chi connectivity index (χ1v) is 6.74. The third kappa shape index (κ3) is 2.30. The summed E-state index contributed by atoms with van der Waals surface area (Å²) in [5.41, 5.74) is 8.01. The summed E-state index contributed by atoms with van der Waals surface area (Å²) in [6.07, 6.45) is 0. The lowest BCUT2D eigenvalue weighted by Crippen LogP contribution is -1.94. The predicted molar refractivity (Wildman–Crippen MR) is 77.6 cm³/mol. The summed E-state index contributed by atoms with van der Waals surface area (Å²) in [6.45, 7) is 0. The number of para-hydroxylation sites is 2. The molecule has 0 amide bonds. The molecule has 0 atom stereocenters. The number of aromatic amines is 1. The number of H-pyrrole nitrogens is 1. The molecule has 2 aromatic carbocycles. The van der Waals surface area contributed by atoms with E-state index in [-0.39, 0.29) is 5.75 Å². The number of hydrogen-bond donors (Lipinski definition) is 2. The van der Waals surface area contributed by atoms with Crippen LogP contribution in [0.15, 0.2) is 46.5 Å². The van der Waals surface area contributed by atoms with E-state index in [4.69, 9.17) is 10.5 Å². The van der Waals surface area contributed by atoms with Crippen LogP contribution in [0.25, 0.3) is 11.0 Å². The van der Waals surface area contributed by atoms with Crippen LogP contribution >= 0.6 is 11.8 Å². The van der Waals surface area contributed by atoms with Gasteiger partial charge >= 0.3 is 0 Å². The molecule has 0 aliphatic rings. The van der Waals surface area contributed by atoms with Gasteiger partial charge in [0.25, 0.3) is 0 Å². The Bertz CT molecular complexity index is 739. The quantitative estimate of drug-likeness (QED) is 0.725. The summed E-state index contributed by atoms with van der Waals surface area (Å²) in [5.74, 6) is -0.309. The third-order valence-electron chi connectivity index (χ3n) is 2.86. The van der Waals surface area contributed by atoms with Gasteiger partial charge in [-0.1, -0.05) is 12.1 Å². The highest BCUT2D eigenvalue weighted by Crippen LogP contribution is 2.35. The second-order valence-electron chi connectivity index (χ2n) is 4.19. The lowest BCUT2D eigenvalue weighted by atomic mass is 10.3. The molecule has 0 unspecified atom stereocenters. The van der Waals surface area contributed by atoms with Crippen molar-refractivity contribution in [2.75, 3.05) is 12.8 Å². The number of aromatic nitrogens is 2. The van der Waals surface area contributed by atoms with Crippen molar-refractivity contribution in [1.29, 1.82) is 0 Å². The van der Waals surface area contributed by atoms with Crippen LogP contribution in [0.5, 0.6) is 5.75 Å². The van der Waals surface area contributed by atoms with Gasteiger partial charge in [-0.05, 0) is 30.0 Å². The van der Waals surface area contributed by atoms with Crippen LogP contribution in [0.3, 0.4) is 0 Å². The molecule has 0 aliphatic heterocycles. The van der Waals surface area contributed by atoms with Crippen LogP contribution in [0.1, 0.15) is 0 Å². The second kappa shape index (κ2) is 5.05. The topological polar surface area (TPSA) is 63.9 Å². The molecule has 3 aromatic rings. The molecule has 3 rings (SSSR count). The minimum atomic E-state index is -0.473. The van der Waals surface area contributed by atoms with Crippen LogP contribution < -0.4 is 10.5 Å². The molecular formula is C14H12FN3OS. The van der Waals surface area contributed by atoms with Crippen molar-refractivity contribution in [3.8, 4) is 5.75 Å². The number of ether oxygens (including phenoxy) is 1. The Morgan fingerprint density at radius 1 is 1.30 bits per heavy atom. The number of halogens is 1. The summed E-state index contributed by atoms with van der Waals surface area (Å²) in [4.78, 5) is 8.33.